The highest BCUT2D eigenvalue weighted by Crippen LogP contribution is 2.32. The minimum absolute atomic E-state index is 0.125. The Hall–Kier alpha value is -5.30. The van der Waals surface area contributed by atoms with Crippen LogP contribution in [0.5, 0.6) is 5.75 Å². The molecule has 3 amide bonds. The Bertz CT molecular complexity index is 2000. The van der Waals surface area contributed by atoms with Gasteiger partial charge in [0, 0.05) is 71.7 Å². The van der Waals surface area contributed by atoms with Gasteiger partial charge in [-0.05, 0) is 63.2 Å². The summed E-state index contributed by atoms with van der Waals surface area (Å²) in [5.41, 5.74) is 1.87. The molecule has 1 aliphatic heterocycles. The fraction of sp³-hybridized carbons (Fsp3) is 0.371. The quantitative estimate of drug-likeness (QED) is 0.143. The number of fused-ring (bicyclic) bond motifs is 2. The zero-order chi connectivity index (χ0) is 34.4. The van der Waals surface area contributed by atoms with Gasteiger partial charge >= 0.3 is 12.1 Å². The van der Waals surface area contributed by atoms with E-state index in [2.05, 4.69) is 25.7 Å². The number of nitrogens with zero attached hydrogens (tertiary/aromatic N) is 3. The average molecular weight is 657 g/mol. The molecule has 0 bridgehead atoms. The topological polar surface area (TPSA) is 166 Å². The second kappa shape index (κ2) is 12.4. The number of piperazine rings is 1. The summed E-state index contributed by atoms with van der Waals surface area (Å²) in [6.07, 6.45) is -0.331. The van der Waals surface area contributed by atoms with E-state index in [0.717, 1.165) is 5.39 Å². The van der Waals surface area contributed by atoms with E-state index in [9.17, 15) is 19.5 Å². The summed E-state index contributed by atoms with van der Waals surface area (Å²) in [7, 11) is 0. The van der Waals surface area contributed by atoms with Gasteiger partial charge in [-0.2, -0.15) is 0 Å². The number of H-pyrrole nitrogens is 1. The highest BCUT2D eigenvalue weighted by Gasteiger charge is 2.27. The molecule has 4 heterocycles. The van der Waals surface area contributed by atoms with Crippen molar-refractivity contribution in [2.75, 3.05) is 36.8 Å². The number of hydrogen-bond acceptors (Lipinski definition) is 9. The molecule has 2 aromatic carbocycles. The first kappa shape index (κ1) is 32.6. The molecule has 0 spiro atoms. The highest BCUT2D eigenvalue weighted by atomic mass is 16.6. The van der Waals surface area contributed by atoms with E-state index in [1.165, 1.54) is 0 Å². The first-order valence-electron chi connectivity index (χ1n) is 15.8. The number of benzene rings is 2. The zero-order valence-electron chi connectivity index (χ0n) is 27.9. The molecule has 6 rings (SSSR count). The molecule has 1 aliphatic rings. The Morgan fingerprint density at radius 1 is 0.958 bits per heavy atom. The van der Waals surface area contributed by atoms with Crippen LogP contribution in [0.2, 0.25) is 0 Å². The molecule has 5 aromatic rings. The van der Waals surface area contributed by atoms with Crippen molar-refractivity contribution in [3.05, 3.63) is 71.3 Å². The Balaban J connectivity index is 1.13. The number of urea groups is 1. The maximum absolute atomic E-state index is 13.6. The molecule has 4 N–H and O–H groups in total. The number of aromatic nitrogens is 2. The van der Waals surface area contributed by atoms with Gasteiger partial charge in [0.1, 0.15) is 22.7 Å². The van der Waals surface area contributed by atoms with Crippen LogP contribution >= 0.6 is 0 Å². The Kier molecular flexibility index (Phi) is 8.42. The SMILES string of the molecule is CC(C)(C)OC(=O)N1CCN(Cc2c(O)ccc3[nH]c(C(=O)c4cc5cc(NC(=O)Nc6cc(C(C)(C)C)on6)ccc5o4)cc23)CC1. The Labute approximate surface area is 277 Å². The lowest BCUT2D eigenvalue weighted by Gasteiger charge is -2.35. The minimum atomic E-state index is -0.559. The smallest absolute Gasteiger partial charge is 0.410 e. The van der Waals surface area contributed by atoms with Crippen LogP contribution in [0.25, 0.3) is 21.9 Å². The number of phenols is 1. The maximum atomic E-state index is 13.6. The lowest BCUT2D eigenvalue weighted by molar-refractivity contribution is 0.0138. The van der Waals surface area contributed by atoms with Crippen LogP contribution < -0.4 is 10.6 Å². The lowest BCUT2D eigenvalue weighted by Crippen LogP contribution is -2.49. The molecule has 0 atom stereocenters. The number of aromatic amines is 1. The third kappa shape index (κ3) is 7.15. The van der Waals surface area contributed by atoms with Gasteiger partial charge in [-0.3, -0.25) is 15.0 Å². The van der Waals surface area contributed by atoms with Crippen molar-refractivity contribution < 1.29 is 33.2 Å². The van der Waals surface area contributed by atoms with E-state index < -0.39 is 11.6 Å². The monoisotopic (exact) mass is 656 g/mol. The van der Waals surface area contributed by atoms with Crippen molar-refractivity contribution in [1.29, 1.82) is 0 Å². The number of nitrogens with one attached hydrogen (secondary N) is 3. The number of aromatic hydroxyl groups is 1. The van der Waals surface area contributed by atoms with Crippen molar-refractivity contribution in [1.82, 2.24) is 19.9 Å². The predicted molar refractivity (Wildman–Crippen MR) is 181 cm³/mol. The first-order valence-corrected chi connectivity index (χ1v) is 15.8. The van der Waals surface area contributed by atoms with Crippen LogP contribution in [0.4, 0.5) is 21.1 Å². The summed E-state index contributed by atoms with van der Waals surface area (Å²) >= 11 is 0. The van der Waals surface area contributed by atoms with Gasteiger partial charge in [0.2, 0.25) is 5.78 Å². The number of hydrogen-bond donors (Lipinski definition) is 4. The third-order valence-electron chi connectivity index (χ3n) is 8.03. The Morgan fingerprint density at radius 2 is 1.71 bits per heavy atom. The summed E-state index contributed by atoms with van der Waals surface area (Å²) in [6, 6.07) is 12.9. The normalized spacial score (nSPS) is 14.4. The standard InChI is InChI=1S/C35H40N6O7/c1-34(2,3)29-18-30(39-48-29)38-32(44)36-21-7-10-27-20(15-21)16-28(46-27)31(43)25-17-22-23(26(42)9-8-24(22)37-25)19-40-11-13-41(14-12-40)33(45)47-35(4,5)6/h7-10,15-18,37,42H,11-14,19H2,1-6H3,(H2,36,38,39,44). The van der Waals surface area contributed by atoms with Gasteiger partial charge in [-0.25, -0.2) is 9.59 Å². The molecule has 1 fully saturated rings. The van der Waals surface area contributed by atoms with Gasteiger partial charge in [-0.15, -0.1) is 0 Å². The van der Waals surface area contributed by atoms with E-state index in [1.807, 2.05) is 41.5 Å². The van der Waals surface area contributed by atoms with E-state index in [4.69, 9.17) is 13.7 Å². The number of anilines is 2. The van der Waals surface area contributed by atoms with E-state index >= 15 is 0 Å². The molecule has 48 heavy (non-hydrogen) atoms. The van der Waals surface area contributed by atoms with Crippen LogP contribution in [0, 0.1) is 0 Å². The van der Waals surface area contributed by atoms with E-state index in [-0.39, 0.29) is 28.8 Å². The molecular formula is C35H40N6O7. The average Bonchev–Trinajstić information content (AvgIpc) is 3.76. The molecule has 0 saturated carbocycles. The van der Waals surface area contributed by atoms with Crippen molar-refractivity contribution in [3.63, 3.8) is 0 Å². The van der Waals surface area contributed by atoms with E-state index in [0.29, 0.717) is 77.7 Å². The largest absolute Gasteiger partial charge is 0.508 e. The fourth-order valence-electron chi connectivity index (χ4n) is 5.51. The summed E-state index contributed by atoms with van der Waals surface area (Å²) in [5.74, 6) is 0.839. The lowest BCUT2D eigenvalue weighted by atomic mass is 9.93. The van der Waals surface area contributed by atoms with Gasteiger partial charge < -0.3 is 34.0 Å². The molecule has 0 radical (unpaired) electrons. The van der Waals surface area contributed by atoms with Crippen molar-refractivity contribution >= 4 is 51.3 Å². The van der Waals surface area contributed by atoms with Crippen LogP contribution in [-0.4, -0.2) is 74.7 Å². The molecule has 1 saturated heterocycles. The summed E-state index contributed by atoms with van der Waals surface area (Å²) in [4.78, 5) is 45.7. The van der Waals surface area contributed by atoms with Crippen LogP contribution in [-0.2, 0) is 16.7 Å². The summed E-state index contributed by atoms with van der Waals surface area (Å²) in [5, 5.41) is 21.5. The summed E-state index contributed by atoms with van der Waals surface area (Å²) < 4.78 is 16.7. The second-order valence-electron chi connectivity index (χ2n) is 14.0. The van der Waals surface area contributed by atoms with E-state index in [1.54, 1.807) is 53.4 Å². The predicted octanol–water partition coefficient (Wildman–Crippen LogP) is 6.83. The van der Waals surface area contributed by atoms with Gasteiger partial charge in [0.15, 0.2) is 11.6 Å². The number of ether oxygens (including phenoxy) is 1. The molecule has 0 aliphatic carbocycles. The molecule has 0 unspecified atom stereocenters. The molecule has 13 heteroatoms. The van der Waals surface area contributed by atoms with Crippen LogP contribution in [0.15, 0.2) is 57.5 Å². The zero-order valence-corrected chi connectivity index (χ0v) is 27.9. The number of carbonyl (C=O) groups excluding carboxylic acids is 3. The minimum Gasteiger partial charge on any atom is -0.508 e. The van der Waals surface area contributed by atoms with Gasteiger partial charge in [-0.1, -0.05) is 25.9 Å². The maximum Gasteiger partial charge on any atom is 0.410 e. The van der Waals surface area contributed by atoms with Crippen molar-refractivity contribution in [2.24, 2.45) is 0 Å². The van der Waals surface area contributed by atoms with Crippen molar-refractivity contribution in [2.45, 2.75) is 59.1 Å². The molecule has 13 nitrogen and oxygen atoms in total. The summed E-state index contributed by atoms with van der Waals surface area (Å²) in [6.45, 7) is 14.2. The van der Waals surface area contributed by atoms with Crippen molar-refractivity contribution in [3.8, 4) is 5.75 Å². The third-order valence-corrected chi connectivity index (χ3v) is 8.03. The Morgan fingerprint density at radius 3 is 2.40 bits per heavy atom. The molecule has 252 valence electrons. The van der Waals surface area contributed by atoms with Gasteiger partial charge in [0.05, 0.1) is 5.69 Å². The number of ketones is 1. The number of phenolic OH excluding ortho intramolecular Hbond substituents is 1. The van der Waals surface area contributed by atoms with Gasteiger partial charge in [0.25, 0.3) is 0 Å². The molecular weight excluding hydrogens is 616 g/mol. The molecule has 3 aromatic heterocycles. The van der Waals surface area contributed by atoms with Crippen LogP contribution in [0.3, 0.4) is 0 Å². The fourth-order valence-corrected chi connectivity index (χ4v) is 5.51. The highest BCUT2D eigenvalue weighted by molar-refractivity contribution is 6.10. The first-order chi connectivity index (χ1) is 22.6. The number of amides is 3. The number of furan rings is 1. The second-order valence-corrected chi connectivity index (χ2v) is 14.0. The van der Waals surface area contributed by atoms with Crippen LogP contribution in [0.1, 0.15) is 69.1 Å². The number of carbonyl (C=O) groups is 3. The number of rotatable bonds is 6.